The van der Waals surface area contributed by atoms with Crippen LogP contribution in [0.1, 0.15) is 36.4 Å². The predicted octanol–water partition coefficient (Wildman–Crippen LogP) is 3.92. The van der Waals surface area contributed by atoms with Crippen molar-refractivity contribution in [3.63, 3.8) is 0 Å². The lowest BCUT2D eigenvalue weighted by Gasteiger charge is -2.26. The maximum Gasteiger partial charge on any atom is 0.0328 e. The Labute approximate surface area is 116 Å². The Bertz CT molecular complexity index is 401. The number of thioether (sulfide) groups is 1. The third kappa shape index (κ3) is 2.56. The van der Waals surface area contributed by atoms with Crippen LogP contribution in [0.4, 0.5) is 0 Å². The summed E-state index contributed by atoms with van der Waals surface area (Å²) in [7, 11) is 0. The summed E-state index contributed by atoms with van der Waals surface area (Å²) < 4.78 is 1.29. The minimum atomic E-state index is 0.593. The van der Waals surface area contributed by atoms with Gasteiger partial charge in [-0.3, -0.25) is 0 Å². The van der Waals surface area contributed by atoms with E-state index in [0.717, 1.165) is 6.04 Å². The van der Waals surface area contributed by atoms with E-state index < -0.39 is 0 Å². The molecule has 1 N–H and O–H groups in total. The van der Waals surface area contributed by atoms with Crippen molar-refractivity contribution in [3.05, 3.63) is 33.8 Å². The number of fused-ring (bicyclic) bond motifs is 1. The first-order valence-electron chi connectivity index (χ1n) is 6.45. The second-order valence-electron chi connectivity index (χ2n) is 4.95. The Hall–Kier alpha value is 0.01000. The Balaban J connectivity index is 1.72. The smallest absolute Gasteiger partial charge is 0.0328 e. The van der Waals surface area contributed by atoms with Gasteiger partial charge in [0.1, 0.15) is 0 Å². The standard InChI is InChI=1S/C14H18BrNS/c15-13-3-1-2-12-11(13)4-5-14(12)16-10-6-8-17-9-7-10/h1-3,10,14,16H,4-9H2. The molecule has 1 saturated heterocycles. The molecule has 1 nitrogen and oxygen atoms in total. The molecule has 17 heavy (non-hydrogen) atoms. The Morgan fingerprint density at radius 3 is 2.82 bits per heavy atom. The molecule has 0 aromatic heterocycles. The van der Waals surface area contributed by atoms with Gasteiger partial charge in [0.2, 0.25) is 0 Å². The van der Waals surface area contributed by atoms with Crippen LogP contribution in [-0.2, 0) is 6.42 Å². The lowest BCUT2D eigenvalue weighted by molar-refractivity contribution is 0.412. The van der Waals surface area contributed by atoms with Crippen molar-refractivity contribution in [2.75, 3.05) is 11.5 Å². The fourth-order valence-corrected chi connectivity index (χ4v) is 4.62. The molecule has 1 aromatic rings. The SMILES string of the molecule is Brc1cccc2c1CCC2NC1CCSCC1. The Morgan fingerprint density at radius 1 is 1.18 bits per heavy atom. The monoisotopic (exact) mass is 311 g/mol. The number of rotatable bonds is 2. The highest BCUT2D eigenvalue weighted by Gasteiger charge is 2.26. The average Bonchev–Trinajstić information content (AvgIpc) is 2.76. The summed E-state index contributed by atoms with van der Waals surface area (Å²) in [4.78, 5) is 0. The van der Waals surface area contributed by atoms with Crippen molar-refractivity contribution in [1.82, 2.24) is 5.32 Å². The molecule has 1 aliphatic carbocycles. The van der Waals surface area contributed by atoms with Crippen molar-refractivity contribution in [1.29, 1.82) is 0 Å². The first kappa shape index (κ1) is 12.1. The van der Waals surface area contributed by atoms with E-state index in [1.807, 2.05) is 0 Å². The fourth-order valence-electron chi connectivity index (χ4n) is 2.93. The molecule has 2 aliphatic rings. The summed E-state index contributed by atoms with van der Waals surface area (Å²) >= 11 is 5.77. The van der Waals surface area contributed by atoms with Gasteiger partial charge in [0.25, 0.3) is 0 Å². The molecule has 1 aliphatic heterocycles. The molecular weight excluding hydrogens is 294 g/mol. The summed E-state index contributed by atoms with van der Waals surface area (Å²) in [5.41, 5.74) is 3.05. The van der Waals surface area contributed by atoms with E-state index in [0.29, 0.717) is 6.04 Å². The molecule has 0 amide bonds. The van der Waals surface area contributed by atoms with E-state index in [-0.39, 0.29) is 0 Å². The zero-order valence-electron chi connectivity index (χ0n) is 9.92. The van der Waals surface area contributed by atoms with E-state index in [1.165, 1.54) is 52.8 Å². The van der Waals surface area contributed by atoms with E-state index in [9.17, 15) is 0 Å². The minimum absolute atomic E-state index is 0.593. The lowest BCUT2D eigenvalue weighted by atomic mass is 10.1. The normalized spacial score (nSPS) is 24.9. The third-order valence-electron chi connectivity index (χ3n) is 3.87. The maximum absolute atomic E-state index is 3.87. The molecule has 3 rings (SSSR count). The first-order chi connectivity index (χ1) is 8.34. The van der Waals surface area contributed by atoms with E-state index in [2.05, 4.69) is 51.2 Å². The molecule has 92 valence electrons. The van der Waals surface area contributed by atoms with Gasteiger partial charge >= 0.3 is 0 Å². The largest absolute Gasteiger partial charge is 0.307 e. The summed E-state index contributed by atoms with van der Waals surface area (Å²) in [6.45, 7) is 0. The number of hydrogen-bond acceptors (Lipinski definition) is 2. The highest BCUT2D eigenvalue weighted by atomic mass is 79.9. The summed E-state index contributed by atoms with van der Waals surface area (Å²) in [6, 6.07) is 7.96. The van der Waals surface area contributed by atoms with Crippen LogP contribution >= 0.6 is 27.7 Å². The van der Waals surface area contributed by atoms with Gasteiger partial charge < -0.3 is 5.32 Å². The molecule has 0 bridgehead atoms. The van der Waals surface area contributed by atoms with Crippen LogP contribution in [0.2, 0.25) is 0 Å². The molecular formula is C14H18BrNS. The van der Waals surface area contributed by atoms with Gasteiger partial charge in [-0.1, -0.05) is 28.1 Å². The van der Waals surface area contributed by atoms with E-state index in [1.54, 1.807) is 0 Å². The minimum Gasteiger partial charge on any atom is -0.307 e. The van der Waals surface area contributed by atoms with Gasteiger partial charge in [0.15, 0.2) is 0 Å². The van der Waals surface area contributed by atoms with E-state index >= 15 is 0 Å². The average molecular weight is 312 g/mol. The number of hydrogen-bond donors (Lipinski definition) is 1. The van der Waals surface area contributed by atoms with Gasteiger partial charge in [0.05, 0.1) is 0 Å². The second kappa shape index (κ2) is 5.33. The number of benzene rings is 1. The van der Waals surface area contributed by atoms with Crippen LogP contribution in [0, 0.1) is 0 Å². The lowest BCUT2D eigenvalue weighted by Crippen LogP contribution is -2.34. The van der Waals surface area contributed by atoms with Gasteiger partial charge in [-0.05, 0) is 54.4 Å². The highest BCUT2D eigenvalue weighted by molar-refractivity contribution is 9.10. The molecule has 0 saturated carbocycles. The van der Waals surface area contributed by atoms with Crippen LogP contribution in [0.5, 0.6) is 0 Å². The molecule has 1 unspecified atom stereocenters. The molecule has 1 fully saturated rings. The van der Waals surface area contributed by atoms with Crippen LogP contribution in [0.15, 0.2) is 22.7 Å². The molecule has 1 heterocycles. The van der Waals surface area contributed by atoms with Crippen molar-refractivity contribution < 1.29 is 0 Å². The predicted molar refractivity (Wildman–Crippen MR) is 78.7 cm³/mol. The van der Waals surface area contributed by atoms with Gasteiger partial charge in [0, 0.05) is 16.6 Å². The number of nitrogens with one attached hydrogen (secondary N) is 1. The maximum atomic E-state index is 3.87. The van der Waals surface area contributed by atoms with Crippen molar-refractivity contribution in [3.8, 4) is 0 Å². The van der Waals surface area contributed by atoms with Gasteiger partial charge in [-0.25, -0.2) is 0 Å². The molecule has 0 radical (unpaired) electrons. The fraction of sp³-hybridized carbons (Fsp3) is 0.571. The van der Waals surface area contributed by atoms with Crippen molar-refractivity contribution in [2.24, 2.45) is 0 Å². The number of halogens is 1. The van der Waals surface area contributed by atoms with Crippen molar-refractivity contribution in [2.45, 2.75) is 37.8 Å². The zero-order chi connectivity index (χ0) is 11.7. The summed E-state index contributed by atoms with van der Waals surface area (Å²) in [5, 5.41) is 3.87. The van der Waals surface area contributed by atoms with Gasteiger partial charge in [-0.2, -0.15) is 11.8 Å². The molecule has 3 heteroatoms. The third-order valence-corrected chi connectivity index (χ3v) is 5.66. The quantitative estimate of drug-likeness (QED) is 0.888. The molecule has 1 atom stereocenters. The summed E-state index contributed by atoms with van der Waals surface area (Å²) in [5.74, 6) is 2.66. The topological polar surface area (TPSA) is 12.0 Å². The second-order valence-corrected chi connectivity index (χ2v) is 7.03. The van der Waals surface area contributed by atoms with Gasteiger partial charge in [-0.15, -0.1) is 0 Å². The van der Waals surface area contributed by atoms with Crippen LogP contribution in [-0.4, -0.2) is 17.5 Å². The van der Waals surface area contributed by atoms with Crippen LogP contribution < -0.4 is 5.32 Å². The van der Waals surface area contributed by atoms with E-state index in [4.69, 9.17) is 0 Å². The Morgan fingerprint density at radius 2 is 2.00 bits per heavy atom. The first-order valence-corrected chi connectivity index (χ1v) is 8.40. The van der Waals surface area contributed by atoms with Crippen LogP contribution in [0.3, 0.4) is 0 Å². The zero-order valence-corrected chi connectivity index (χ0v) is 12.3. The molecule has 1 aromatic carbocycles. The Kier molecular flexibility index (Phi) is 3.78. The summed E-state index contributed by atoms with van der Waals surface area (Å²) in [6.07, 6.45) is 5.16. The molecule has 0 spiro atoms. The highest BCUT2D eigenvalue weighted by Crippen LogP contribution is 2.36. The van der Waals surface area contributed by atoms with Crippen LogP contribution in [0.25, 0.3) is 0 Å². The van der Waals surface area contributed by atoms with Crippen molar-refractivity contribution >= 4 is 27.7 Å².